The van der Waals surface area contributed by atoms with Gasteiger partial charge in [-0.25, -0.2) is 0 Å². The van der Waals surface area contributed by atoms with Crippen molar-refractivity contribution in [2.24, 2.45) is 7.05 Å². The smallest absolute Gasteiger partial charge is 0.253 e. The summed E-state index contributed by atoms with van der Waals surface area (Å²) in [6.45, 7) is 2.29. The van der Waals surface area contributed by atoms with Crippen LogP contribution in [0.2, 0.25) is 0 Å². The lowest BCUT2D eigenvalue weighted by molar-refractivity contribution is 0.696. The van der Waals surface area contributed by atoms with Crippen molar-refractivity contribution in [1.29, 1.82) is 0 Å². The average molecular weight is 332 g/mol. The Morgan fingerprint density at radius 3 is 2.85 bits per heavy atom. The third-order valence-corrected chi connectivity index (χ3v) is 3.82. The molecule has 0 unspecified atom stereocenters. The Labute approximate surface area is 124 Å². The number of nitrogens with zero attached hydrogens (tertiary/aromatic N) is 3. The summed E-state index contributed by atoms with van der Waals surface area (Å²) in [5.41, 5.74) is 2.72. The first-order valence-electron chi connectivity index (χ1n) is 6.33. The summed E-state index contributed by atoms with van der Waals surface area (Å²) < 4.78 is 4.43. The highest BCUT2D eigenvalue weighted by Gasteiger charge is 2.10. The Morgan fingerprint density at radius 1 is 1.30 bits per heavy atom. The zero-order valence-corrected chi connectivity index (χ0v) is 12.9. The van der Waals surface area contributed by atoms with Crippen LogP contribution in [-0.2, 0) is 13.6 Å². The zero-order valence-electron chi connectivity index (χ0n) is 11.3. The van der Waals surface area contributed by atoms with Crippen LogP contribution in [0.25, 0.3) is 10.9 Å². The zero-order chi connectivity index (χ0) is 14.3. The van der Waals surface area contributed by atoms with Gasteiger partial charge in [-0.2, -0.15) is 5.10 Å². The van der Waals surface area contributed by atoms with E-state index >= 15 is 0 Å². The van der Waals surface area contributed by atoms with Gasteiger partial charge in [-0.1, -0.05) is 18.2 Å². The minimum Gasteiger partial charge on any atom is -0.308 e. The Morgan fingerprint density at radius 2 is 2.05 bits per heavy atom. The molecule has 0 bridgehead atoms. The van der Waals surface area contributed by atoms with Gasteiger partial charge in [0.1, 0.15) is 0 Å². The molecule has 5 heteroatoms. The Kier molecular flexibility index (Phi) is 3.22. The minimum absolute atomic E-state index is 0.0166. The van der Waals surface area contributed by atoms with E-state index in [1.807, 2.05) is 49.0 Å². The molecule has 0 saturated heterocycles. The molecule has 0 amide bonds. The van der Waals surface area contributed by atoms with E-state index in [0.717, 1.165) is 26.6 Å². The third kappa shape index (κ3) is 2.18. The van der Waals surface area contributed by atoms with Gasteiger partial charge in [0.15, 0.2) is 0 Å². The lowest BCUT2D eigenvalue weighted by atomic mass is 10.2. The molecule has 1 aromatic carbocycles. The van der Waals surface area contributed by atoms with Gasteiger partial charge in [0, 0.05) is 28.7 Å². The summed E-state index contributed by atoms with van der Waals surface area (Å²) in [7, 11) is 1.92. The van der Waals surface area contributed by atoms with E-state index in [9.17, 15) is 4.79 Å². The molecular formula is C15H14BrN3O. The number of rotatable bonds is 2. The quantitative estimate of drug-likeness (QED) is 0.724. The summed E-state index contributed by atoms with van der Waals surface area (Å²) >= 11 is 3.43. The van der Waals surface area contributed by atoms with Crippen molar-refractivity contribution in [1.82, 2.24) is 14.3 Å². The maximum atomic E-state index is 12.2. The number of pyridine rings is 1. The van der Waals surface area contributed by atoms with Gasteiger partial charge in [-0.15, -0.1) is 0 Å². The largest absolute Gasteiger partial charge is 0.308 e. The summed E-state index contributed by atoms with van der Waals surface area (Å²) in [5.74, 6) is 0. The molecular weight excluding hydrogens is 318 g/mol. The topological polar surface area (TPSA) is 39.8 Å². The highest BCUT2D eigenvalue weighted by molar-refractivity contribution is 9.10. The number of hydrogen-bond acceptors (Lipinski definition) is 2. The molecule has 3 rings (SSSR count). The van der Waals surface area contributed by atoms with Crippen LogP contribution < -0.4 is 5.56 Å². The molecule has 0 fully saturated rings. The van der Waals surface area contributed by atoms with Crippen LogP contribution >= 0.6 is 15.9 Å². The fourth-order valence-corrected chi connectivity index (χ4v) is 3.01. The molecule has 102 valence electrons. The number of benzene rings is 1. The number of halogens is 1. The molecule has 0 radical (unpaired) electrons. The van der Waals surface area contributed by atoms with Gasteiger partial charge < -0.3 is 4.57 Å². The maximum absolute atomic E-state index is 12.2. The molecule has 3 aromatic rings. The van der Waals surface area contributed by atoms with Crippen molar-refractivity contribution in [2.75, 3.05) is 0 Å². The summed E-state index contributed by atoms with van der Waals surface area (Å²) in [6, 6.07) is 9.87. The molecule has 0 aliphatic carbocycles. The predicted octanol–water partition coefficient (Wildman–Crippen LogP) is 2.85. The molecule has 20 heavy (non-hydrogen) atoms. The molecule has 2 heterocycles. The van der Waals surface area contributed by atoms with Gasteiger partial charge in [0.05, 0.1) is 17.8 Å². The lowest BCUT2D eigenvalue weighted by Gasteiger charge is -2.06. The molecule has 0 aliphatic rings. The van der Waals surface area contributed by atoms with Gasteiger partial charge in [-0.3, -0.25) is 9.48 Å². The Balaban J connectivity index is 2.13. The first kappa shape index (κ1) is 13.1. The van der Waals surface area contributed by atoms with Gasteiger partial charge in [0.2, 0.25) is 0 Å². The first-order valence-corrected chi connectivity index (χ1v) is 7.13. The third-order valence-electron chi connectivity index (χ3n) is 3.39. The second kappa shape index (κ2) is 4.90. The number of fused-ring (bicyclic) bond motifs is 1. The van der Waals surface area contributed by atoms with E-state index in [1.54, 1.807) is 10.8 Å². The molecule has 2 aromatic heterocycles. The monoisotopic (exact) mass is 331 g/mol. The summed E-state index contributed by atoms with van der Waals surface area (Å²) in [4.78, 5) is 12.2. The van der Waals surface area contributed by atoms with Crippen molar-refractivity contribution < 1.29 is 0 Å². The first-order chi connectivity index (χ1) is 9.56. The van der Waals surface area contributed by atoms with Crippen LogP contribution in [-0.4, -0.2) is 14.3 Å². The second-order valence-electron chi connectivity index (χ2n) is 4.86. The van der Waals surface area contributed by atoms with E-state index in [-0.39, 0.29) is 5.56 Å². The van der Waals surface area contributed by atoms with Crippen molar-refractivity contribution >= 4 is 26.8 Å². The lowest BCUT2D eigenvalue weighted by Crippen LogP contribution is -2.22. The van der Waals surface area contributed by atoms with E-state index in [2.05, 4.69) is 21.0 Å². The molecule has 0 atom stereocenters. The van der Waals surface area contributed by atoms with Crippen molar-refractivity contribution in [3.8, 4) is 0 Å². The number of aromatic nitrogens is 3. The normalized spacial score (nSPS) is 11.2. The molecule has 0 N–H and O–H groups in total. The van der Waals surface area contributed by atoms with E-state index in [1.165, 1.54) is 0 Å². The van der Waals surface area contributed by atoms with Crippen LogP contribution in [0.5, 0.6) is 0 Å². The van der Waals surface area contributed by atoms with Crippen LogP contribution in [0.4, 0.5) is 0 Å². The van der Waals surface area contributed by atoms with Gasteiger partial charge >= 0.3 is 0 Å². The highest BCUT2D eigenvalue weighted by Crippen LogP contribution is 2.18. The predicted molar refractivity (Wildman–Crippen MR) is 83.0 cm³/mol. The van der Waals surface area contributed by atoms with Crippen LogP contribution in [0.15, 0.2) is 45.8 Å². The number of hydrogen-bond donors (Lipinski definition) is 0. The number of para-hydroxylation sites is 1. The minimum atomic E-state index is 0.0166. The van der Waals surface area contributed by atoms with Gasteiger partial charge in [-0.05, 0) is 35.0 Å². The van der Waals surface area contributed by atoms with E-state index in [4.69, 9.17) is 0 Å². The summed E-state index contributed by atoms with van der Waals surface area (Å²) in [6.07, 6.45) is 1.80. The van der Waals surface area contributed by atoms with Crippen molar-refractivity contribution in [3.05, 3.63) is 62.6 Å². The standard InChI is InChI=1S/C15H14BrN3O/c1-10-7-11(16)8-19(15(10)20)9-13-12-5-3-4-6-14(12)18(2)17-13/h3-8H,9H2,1-2H3. The van der Waals surface area contributed by atoms with Crippen LogP contribution in [0, 0.1) is 6.92 Å². The SMILES string of the molecule is Cc1cc(Br)cn(Cc2nn(C)c3ccccc23)c1=O. The van der Waals surface area contributed by atoms with Crippen LogP contribution in [0.1, 0.15) is 11.3 Å². The van der Waals surface area contributed by atoms with Crippen molar-refractivity contribution in [2.45, 2.75) is 13.5 Å². The fraction of sp³-hybridized carbons (Fsp3) is 0.200. The Hall–Kier alpha value is -1.88. The highest BCUT2D eigenvalue weighted by atomic mass is 79.9. The molecule has 0 spiro atoms. The Bertz CT molecular complexity index is 848. The summed E-state index contributed by atoms with van der Waals surface area (Å²) in [5, 5.41) is 5.61. The molecule has 4 nitrogen and oxygen atoms in total. The maximum Gasteiger partial charge on any atom is 0.253 e. The van der Waals surface area contributed by atoms with Crippen LogP contribution in [0.3, 0.4) is 0 Å². The average Bonchev–Trinajstić information content (AvgIpc) is 2.73. The van der Waals surface area contributed by atoms with E-state index in [0.29, 0.717) is 6.54 Å². The second-order valence-corrected chi connectivity index (χ2v) is 5.78. The number of aryl methyl sites for hydroxylation is 2. The molecule has 0 saturated carbocycles. The fourth-order valence-electron chi connectivity index (χ4n) is 2.42. The van der Waals surface area contributed by atoms with Crippen molar-refractivity contribution in [3.63, 3.8) is 0 Å². The van der Waals surface area contributed by atoms with E-state index < -0.39 is 0 Å². The molecule has 0 aliphatic heterocycles. The van der Waals surface area contributed by atoms with Gasteiger partial charge in [0.25, 0.3) is 5.56 Å².